The molecule has 3 aliphatic heterocycles. The molecular weight excluding hydrogens is 735 g/mol. The van der Waals surface area contributed by atoms with Gasteiger partial charge in [-0.05, 0) is 75.5 Å². The van der Waals surface area contributed by atoms with Gasteiger partial charge in [0.2, 0.25) is 23.6 Å². The minimum absolute atomic E-state index is 0.00211. The summed E-state index contributed by atoms with van der Waals surface area (Å²) in [5.74, 6) is -1.23. The Balaban J connectivity index is 1.68. The molecule has 0 spiro atoms. The van der Waals surface area contributed by atoms with E-state index in [1.165, 1.54) is 28.8 Å². The van der Waals surface area contributed by atoms with Crippen molar-refractivity contribution in [1.82, 2.24) is 20.0 Å². The van der Waals surface area contributed by atoms with Crippen molar-refractivity contribution in [2.45, 2.75) is 130 Å². The number of nitrogens with zero attached hydrogens (tertiary/aromatic N) is 4. The van der Waals surface area contributed by atoms with Crippen LogP contribution in [0.15, 0.2) is 40.9 Å². The number of hydrogen-bond acceptors (Lipinski definition) is 10. The standard InChI is InChI=1S/C42H63N5O8S/c1-24-19-34(48)26(3)37-43-30(23-56-37)21-25(2)36(49)44-32(22-29-14-16-31(54-11)17-15-29)40(52)46(10)27(4)38(50)45(9)28(5)39(51)47-18-12-13-33(47)41(53)55-35(20-24)42(6,7)8/h14-17,21,24,26-28,30,32-35,48H,12-13,18-20,22-23H2,1-11H3,(H,44,49)/b25-21+/t24-,26-,27-,28-,30-,32-,33-,34-,35-/m0/s1. The van der Waals surface area contributed by atoms with Gasteiger partial charge in [0.1, 0.15) is 36.0 Å². The lowest BCUT2D eigenvalue weighted by Crippen LogP contribution is -2.57. The molecule has 3 aliphatic rings. The maximum atomic E-state index is 14.2. The molecule has 1 saturated heterocycles. The third-order valence-corrected chi connectivity index (χ3v) is 12.8. The van der Waals surface area contributed by atoms with E-state index in [1.807, 2.05) is 46.8 Å². The summed E-state index contributed by atoms with van der Waals surface area (Å²) < 4.78 is 11.5. The molecule has 0 aromatic heterocycles. The van der Waals surface area contributed by atoms with Crippen LogP contribution >= 0.6 is 11.8 Å². The molecule has 1 aromatic carbocycles. The predicted octanol–water partition coefficient (Wildman–Crippen LogP) is 4.25. The van der Waals surface area contributed by atoms with Crippen LogP contribution in [0.2, 0.25) is 0 Å². The molecule has 4 amide bonds. The number of esters is 1. The molecule has 4 rings (SSSR count). The number of methoxy groups -OCH3 is 1. The zero-order valence-electron chi connectivity index (χ0n) is 35.0. The molecule has 14 heteroatoms. The SMILES string of the molecule is COc1ccc(C[C@@H]2NC(=O)/C(C)=C/[C@H]3CSC(=N3)[C@@H](C)[C@@H](O)C[C@H](C)C[C@@H](C(C)(C)C)OC(=O)[C@@H]3CCCN3C(=O)[C@H](C)N(C)C(=O)[C@H](C)N(C)C2=O)cc1. The van der Waals surface area contributed by atoms with Crippen LogP contribution in [0.3, 0.4) is 0 Å². The Morgan fingerprint density at radius 3 is 2.20 bits per heavy atom. The van der Waals surface area contributed by atoms with E-state index in [4.69, 9.17) is 14.5 Å². The summed E-state index contributed by atoms with van der Waals surface area (Å²) >= 11 is 1.56. The number of likely N-dealkylation sites (N-methyl/N-ethyl adjacent to an activating group) is 2. The first-order valence-electron chi connectivity index (χ1n) is 19.8. The van der Waals surface area contributed by atoms with Crippen molar-refractivity contribution in [1.29, 1.82) is 0 Å². The lowest BCUT2D eigenvalue weighted by atomic mass is 9.81. The summed E-state index contributed by atoms with van der Waals surface area (Å²) in [6.45, 7) is 15.3. The monoisotopic (exact) mass is 797 g/mol. The second kappa shape index (κ2) is 19.0. The number of cyclic esters (lactones) is 1. The summed E-state index contributed by atoms with van der Waals surface area (Å²) in [6.07, 6.45) is 2.82. The third-order valence-electron chi connectivity index (χ3n) is 11.5. The molecule has 0 saturated carbocycles. The van der Waals surface area contributed by atoms with Crippen molar-refractivity contribution >= 4 is 46.4 Å². The second-order valence-electron chi connectivity index (χ2n) is 16.9. The van der Waals surface area contributed by atoms with Crippen LogP contribution < -0.4 is 10.1 Å². The Morgan fingerprint density at radius 1 is 0.946 bits per heavy atom. The Kier molecular flexibility index (Phi) is 15.2. The van der Waals surface area contributed by atoms with Gasteiger partial charge in [0.25, 0.3) is 0 Å². The molecule has 0 aliphatic carbocycles. The molecule has 2 N–H and O–H groups in total. The number of fused-ring (bicyclic) bond motifs is 2. The molecule has 2 bridgehead atoms. The fourth-order valence-electron chi connectivity index (χ4n) is 7.39. The molecule has 0 unspecified atom stereocenters. The quantitative estimate of drug-likeness (QED) is 0.427. The largest absolute Gasteiger partial charge is 0.497 e. The van der Waals surface area contributed by atoms with Crippen LogP contribution in [0, 0.1) is 17.3 Å². The van der Waals surface area contributed by atoms with Gasteiger partial charge in [-0.25, -0.2) is 4.79 Å². The lowest BCUT2D eigenvalue weighted by Gasteiger charge is -2.36. The second-order valence-corrected chi connectivity index (χ2v) is 18.0. The number of ether oxygens (including phenoxy) is 2. The van der Waals surface area contributed by atoms with Crippen LogP contribution in [0.25, 0.3) is 0 Å². The smallest absolute Gasteiger partial charge is 0.329 e. The van der Waals surface area contributed by atoms with Crippen molar-refractivity contribution in [3.63, 3.8) is 0 Å². The van der Waals surface area contributed by atoms with Gasteiger partial charge in [-0.15, -0.1) is 11.8 Å². The first-order valence-corrected chi connectivity index (χ1v) is 20.8. The zero-order chi connectivity index (χ0) is 41.6. The molecule has 56 heavy (non-hydrogen) atoms. The normalized spacial score (nSPS) is 32.1. The van der Waals surface area contributed by atoms with Gasteiger partial charge >= 0.3 is 5.97 Å². The van der Waals surface area contributed by atoms with Crippen LogP contribution in [-0.4, -0.2) is 130 Å². The molecular formula is C42H63N5O8S. The number of carbonyl (C=O) groups excluding carboxylic acids is 5. The summed E-state index contributed by atoms with van der Waals surface area (Å²) in [4.78, 5) is 78.6. The molecule has 13 nitrogen and oxygen atoms in total. The van der Waals surface area contributed by atoms with Gasteiger partial charge in [-0.2, -0.15) is 0 Å². The van der Waals surface area contributed by atoms with E-state index in [9.17, 15) is 29.1 Å². The molecule has 1 aromatic rings. The van der Waals surface area contributed by atoms with Gasteiger partial charge in [0, 0.05) is 44.3 Å². The highest BCUT2D eigenvalue weighted by Crippen LogP contribution is 2.34. The number of thioether (sulfide) groups is 1. The first-order chi connectivity index (χ1) is 26.2. The number of aliphatic hydroxyl groups is 1. The number of hydrogen-bond donors (Lipinski definition) is 2. The molecule has 0 radical (unpaired) electrons. The fourth-order valence-corrected chi connectivity index (χ4v) is 8.53. The van der Waals surface area contributed by atoms with E-state index >= 15 is 0 Å². The third kappa shape index (κ3) is 10.9. The van der Waals surface area contributed by atoms with Crippen molar-refractivity contribution in [2.75, 3.05) is 33.5 Å². The van der Waals surface area contributed by atoms with Crippen LogP contribution in [0.5, 0.6) is 5.75 Å². The summed E-state index contributed by atoms with van der Waals surface area (Å²) in [5, 5.41) is 15.1. The number of nitrogens with one attached hydrogen (secondary N) is 1. The summed E-state index contributed by atoms with van der Waals surface area (Å²) in [6, 6.07) is 3.15. The van der Waals surface area contributed by atoms with Crippen molar-refractivity contribution in [2.24, 2.45) is 22.2 Å². The van der Waals surface area contributed by atoms with E-state index in [0.717, 1.165) is 10.6 Å². The topological polar surface area (TPSA) is 158 Å². The highest BCUT2D eigenvalue weighted by Gasteiger charge is 2.42. The summed E-state index contributed by atoms with van der Waals surface area (Å²) in [7, 11) is 4.59. The molecule has 9 atom stereocenters. The number of carbonyl (C=O) groups is 5. The number of aliphatic hydroxyl groups excluding tert-OH is 1. The Morgan fingerprint density at radius 2 is 1.57 bits per heavy atom. The number of amides is 4. The van der Waals surface area contributed by atoms with Crippen molar-refractivity contribution < 1.29 is 38.6 Å². The first kappa shape index (κ1) is 44.8. The van der Waals surface area contributed by atoms with E-state index < -0.39 is 65.5 Å². The van der Waals surface area contributed by atoms with Crippen molar-refractivity contribution in [3.8, 4) is 5.75 Å². The molecule has 310 valence electrons. The van der Waals surface area contributed by atoms with Gasteiger partial charge in [0.05, 0.1) is 24.3 Å². The van der Waals surface area contributed by atoms with Crippen LogP contribution in [0.1, 0.15) is 86.6 Å². The van der Waals surface area contributed by atoms with E-state index in [2.05, 4.69) is 5.32 Å². The summed E-state index contributed by atoms with van der Waals surface area (Å²) in [5.41, 5.74) is 0.761. The van der Waals surface area contributed by atoms with Crippen LogP contribution in [0.4, 0.5) is 0 Å². The minimum atomic E-state index is -1.03. The van der Waals surface area contributed by atoms with E-state index in [1.54, 1.807) is 57.9 Å². The number of aliphatic imine (C=N–C) groups is 1. The van der Waals surface area contributed by atoms with E-state index in [0.29, 0.717) is 49.3 Å². The Hall–Kier alpha value is -3.91. The average Bonchev–Trinajstić information content (AvgIpc) is 3.85. The highest BCUT2D eigenvalue weighted by atomic mass is 32.2. The number of benzene rings is 1. The Labute approximate surface area is 337 Å². The number of rotatable bonds is 3. The van der Waals surface area contributed by atoms with Gasteiger partial charge in [0.15, 0.2) is 0 Å². The molecule has 3 heterocycles. The van der Waals surface area contributed by atoms with Gasteiger partial charge < -0.3 is 34.6 Å². The predicted molar refractivity (Wildman–Crippen MR) is 218 cm³/mol. The zero-order valence-corrected chi connectivity index (χ0v) is 35.9. The highest BCUT2D eigenvalue weighted by molar-refractivity contribution is 8.14. The fraction of sp³-hybridized carbons (Fsp3) is 0.667. The lowest BCUT2D eigenvalue weighted by molar-refractivity contribution is -0.165. The maximum absolute atomic E-state index is 14.2. The Bertz CT molecular complexity index is 1660. The van der Waals surface area contributed by atoms with Gasteiger partial charge in [-0.1, -0.05) is 52.8 Å². The van der Waals surface area contributed by atoms with E-state index in [-0.39, 0.29) is 30.2 Å². The molecule has 1 fully saturated rings. The average molecular weight is 798 g/mol. The maximum Gasteiger partial charge on any atom is 0.329 e. The minimum Gasteiger partial charge on any atom is -0.497 e. The van der Waals surface area contributed by atoms with Gasteiger partial charge in [-0.3, -0.25) is 24.2 Å². The van der Waals surface area contributed by atoms with Crippen LogP contribution in [-0.2, 0) is 35.1 Å². The van der Waals surface area contributed by atoms with Crippen molar-refractivity contribution in [3.05, 3.63) is 41.5 Å².